The lowest BCUT2D eigenvalue weighted by Gasteiger charge is -2.44. The maximum atomic E-state index is 13.3. The first-order valence-corrected chi connectivity index (χ1v) is 13.6. The van der Waals surface area contributed by atoms with Gasteiger partial charge in [0.15, 0.2) is 0 Å². The molecule has 1 saturated heterocycles. The summed E-state index contributed by atoms with van der Waals surface area (Å²) < 4.78 is 2.61. The smallest absolute Gasteiger partial charge is 0.256 e. The molecule has 0 spiro atoms. The number of rotatable bonds is 6. The molecule has 2 bridgehead atoms. The maximum Gasteiger partial charge on any atom is 0.256 e. The van der Waals surface area contributed by atoms with E-state index in [9.17, 15) is 14.4 Å². The molecule has 3 atom stereocenters. The number of carbonyl (C=O) groups excluding carboxylic acids is 2. The monoisotopic (exact) mass is 562 g/mol. The largest absolute Gasteiger partial charge is 0.369 e. The summed E-state index contributed by atoms with van der Waals surface area (Å²) in [4.78, 5) is 40.9. The third-order valence-corrected chi connectivity index (χ3v) is 8.13. The molecule has 2 aliphatic rings. The highest BCUT2D eigenvalue weighted by molar-refractivity contribution is 9.10. The van der Waals surface area contributed by atoms with Gasteiger partial charge in [0.2, 0.25) is 0 Å². The second-order valence-electron chi connectivity index (χ2n) is 10.1. The van der Waals surface area contributed by atoms with Crippen LogP contribution in [0.1, 0.15) is 59.0 Å². The second-order valence-corrected chi connectivity index (χ2v) is 10.9. The molecular formula is C29H31BrN4O3. The Morgan fingerprint density at radius 1 is 1.03 bits per heavy atom. The minimum Gasteiger partial charge on any atom is -0.369 e. The van der Waals surface area contributed by atoms with E-state index in [4.69, 9.17) is 0 Å². The third-order valence-electron chi connectivity index (χ3n) is 7.44. The molecule has 2 aromatic carbocycles. The Bertz CT molecular complexity index is 1400. The van der Waals surface area contributed by atoms with Crippen LogP contribution in [0.2, 0.25) is 0 Å². The molecule has 1 aromatic heterocycles. The molecule has 3 aromatic rings. The summed E-state index contributed by atoms with van der Waals surface area (Å²) in [6.45, 7) is 6.19. The van der Waals surface area contributed by atoms with E-state index >= 15 is 0 Å². The van der Waals surface area contributed by atoms with Crippen molar-refractivity contribution < 1.29 is 9.59 Å². The zero-order chi connectivity index (χ0) is 26.1. The first kappa shape index (κ1) is 25.3. The van der Waals surface area contributed by atoms with Crippen LogP contribution in [0.3, 0.4) is 0 Å². The number of fused-ring (bicyclic) bond motifs is 4. The fraction of sp³-hybridized carbons (Fsp3) is 0.345. The van der Waals surface area contributed by atoms with Gasteiger partial charge in [0.25, 0.3) is 17.4 Å². The molecule has 7 nitrogen and oxygen atoms in total. The van der Waals surface area contributed by atoms with E-state index in [1.807, 2.05) is 60.9 Å². The number of anilines is 2. The van der Waals surface area contributed by atoms with Crippen molar-refractivity contribution in [3.05, 3.63) is 92.3 Å². The molecule has 0 saturated carbocycles. The Labute approximate surface area is 225 Å². The van der Waals surface area contributed by atoms with E-state index in [1.54, 1.807) is 18.2 Å². The van der Waals surface area contributed by atoms with Gasteiger partial charge >= 0.3 is 0 Å². The number of piperidine rings is 1. The predicted molar refractivity (Wildman–Crippen MR) is 150 cm³/mol. The third kappa shape index (κ3) is 5.21. The van der Waals surface area contributed by atoms with Crippen LogP contribution in [0.4, 0.5) is 11.4 Å². The van der Waals surface area contributed by atoms with E-state index in [1.165, 1.54) is 0 Å². The van der Waals surface area contributed by atoms with E-state index in [-0.39, 0.29) is 29.3 Å². The number of nitrogens with zero attached hydrogens (tertiary/aromatic N) is 2. The van der Waals surface area contributed by atoms with Crippen molar-refractivity contribution in [2.75, 3.05) is 23.3 Å². The Morgan fingerprint density at radius 2 is 1.84 bits per heavy atom. The lowest BCUT2D eigenvalue weighted by Crippen LogP contribution is -2.47. The van der Waals surface area contributed by atoms with E-state index < -0.39 is 0 Å². The highest BCUT2D eigenvalue weighted by Crippen LogP contribution is 2.39. The number of nitrogens with one attached hydrogen (secondary N) is 2. The Kier molecular flexibility index (Phi) is 7.20. The predicted octanol–water partition coefficient (Wildman–Crippen LogP) is 5.02. The minimum absolute atomic E-state index is 0.0513. The Hall–Kier alpha value is -3.39. The summed E-state index contributed by atoms with van der Waals surface area (Å²) in [6.07, 6.45) is 1.87. The molecule has 192 valence electrons. The average Bonchev–Trinajstić information content (AvgIpc) is 2.89. The molecular weight excluding hydrogens is 532 g/mol. The van der Waals surface area contributed by atoms with Crippen LogP contribution >= 0.6 is 15.9 Å². The van der Waals surface area contributed by atoms with Crippen LogP contribution in [-0.4, -0.2) is 35.5 Å². The molecule has 2 amide bonds. The van der Waals surface area contributed by atoms with E-state index in [0.29, 0.717) is 33.7 Å². The Morgan fingerprint density at radius 3 is 2.62 bits per heavy atom. The van der Waals surface area contributed by atoms with Gasteiger partial charge in [0, 0.05) is 53.4 Å². The van der Waals surface area contributed by atoms with Crippen molar-refractivity contribution in [1.29, 1.82) is 0 Å². The molecule has 2 aliphatic heterocycles. The van der Waals surface area contributed by atoms with Crippen LogP contribution in [0, 0.1) is 5.92 Å². The number of hydrogen-bond acceptors (Lipinski definition) is 4. The number of pyridine rings is 1. The van der Waals surface area contributed by atoms with Gasteiger partial charge in [-0.05, 0) is 78.0 Å². The van der Waals surface area contributed by atoms with E-state index in [2.05, 4.69) is 31.5 Å². The normalized spacial score (nSPS) is 19.1. The number of aromatic nitrogens is 1. The summed E-state index contributed by atoms with van der Waals surface area (Å²) in [5, 5.41) is 6.09. The molecule has 5 rings (SSSR count). The van der Waals surface area contributed by atoms with Gasteiger partial charge in [-0.15, -0.1) is 0 Å². The van der Waals surface area contributed by atoms with Gasteiger partial charge in [0.05, 0.1) is 16.9 Å². The fourth-order valence-corrected chi connectivity index (χ4v) is 5.86. The maximum absolute atomic E-state index is 13.3. The SMILES string of the molecule is CCC(C)NC(=O)c1ccc(N2CC3CC(C2)c2cccc(=O)n2C3)c(NC(=O)c2ccccc2Br)c1. The molecule has 1 fully saturated rings. The van der Waals surface area contributed by atoms with Crippen LogP contribution in [0.25, 0.3) is 0 Å². The van der Waals surface area contributed by atoms with Crippen LogP contribution < -0.4 is 21.1 Å². The van der Waals surface area contributed by atoms with Crippen molar-refractivity contribution in [2.45, 2.75) is 45.2 Å². The Balaban J connectivity index is 1.49. The lowest BCUT2D eigenvalue weighted by molar-refractivity contribution is 0.0938. The van der Waals surface area contributed by atoms with Crippen LogP contribution in [-0.2, 0) is 6.54 Å². The van der Waals surface area contributed by atoms with Crippen LogP contribution in [0.5, 0.6) is 0 Å². The number of halogens is 1. The standard InChI is InChI=1S/C29H31BrN4O3/c1-3-18(2)31-28(36)20-11-12-26(24(14-20)32-29(37)22-7-4-5-8-23(22)30)33-15-19-13-21(17-33)25-9-6-10-27(35)34(25)16-19/h4-12,14,18-19,21H,3,13,15-17H2,1-2H3,(H,31,36)(H,32,37). The molecule has 37 heavy (non-hydrogen) atoms. The highest BCUT2D eigenvalue weighted by atomic mass is 79.9. The number of hydrogen-bond donors (Lipinski definition) is 2. The molecule has 8 heteroatoms. The average molecular weight is 563 g/mol. The van der Waals surface area contributed by atoms with E-state index in [0.717, 1.165) is 37.3 Å². The molecule has 2 N–H and O–H groups in total. The van der Waals surface area contributed by atoms with Gasteiger partial charge in [-0.3, -0.25) is 14.4 Å². The first-order chi connectivity index (χ1) is 17.8. The fourth-order valence-electron chi connectivity index (χ4n) is 5.39. The highest BCUT2D eigenvalue weighted by Gasteiger charge is 2.35. The van der Waals surface area contributed by atoms with Gasteiger partial charge < -0.3 is 20.1 Å². The second kappa shape index (κ2) is 10.5. The summed E-state index contributed by atoms with van der Waals surface area (Å²) >= 11 is 3.47. The molecule has 0 radical (unpaired) electrons. The molecule has 0 aliphatic carbocycles. The zero-order valence-electron chi connectivity index (χ0n) is 21.0. The quantitative estimate of drug-likeness (QED) is 0.442. The van der Waals surface area contributed by atoms with Gasteiger partial charge in [-0.25, -0.2) is 0 Å². The van der Waals surface area contributed by atoms with Crippen molar-refractivity contribution in [2.24, 2.45) is 5.92 Å². The van der Waals surface area contributed by atoms with Crippen LogP contribution in [0.15, 0.2) is 69.9 Å². The van der Waals surface area contributed by atoms with Crippen molar-refractivity contribution in [3.63, 3.8) is 0 Å². The topological polar surface area (TPSA) is 83.4 Å². The number of amides is 2. The van der Waals surface area contributed by atoms with Crippen molar-refractivity contribution >= 4 is 39.1 Å². The van der Waals surface area contributed by atoms with Gasteiger partial charge in [0.1, 0.15) is 0 Å². The summed E-state index contributed by atoms with van der Waals surface area (Å²) in [5.74, 6) is 0.136. The van der Waals surface area contributed by atoms with Crippen molar-refractivity contribution in [3.8, 4) is 0 Å². The number of carbonyl (C=O) groups is 2. The summed E-state index contributed by atoms with van der Waals surface area (Å²) in [6, 6.07) is 18.4. The summed E-state index contributed by atoms with van der Waals surface area (Å²) in [7, 11) is 0. The molecule has 3 unspecified atom stereocenters. The zero-order valence-corrected chi connectivity index (χ0v) is 22.6. The molecule has 3 heterocycles. The summed E-state index contributed by atoms with van der Waals surface area (Å²) in [5.41, 5.74) is 3.62. The van der Waals surface area contributed by atoms with Crippen molar-refractivity contribution in [1.82, 2.24) is 9.88 Å². The lowest BCUT2D eigenvalue weighted by atomic mass is 9.83. The van der Waals surface area contributed by atoms with Gasteiger partial charge in [-0.2, -0.15) is 0 Å². The first-order valence-electron chi connectivity index (χ1n) is 12.8. The minimum atomic E-state index is -0.248. The number of benzene rings is 2. The van der Waals surface area contributed by atoms with Gasteiger partial charge in [-0.1, -0.05) is 25.1 Å².